The van der Waals surface area contributed by atoms with Gasteiger partial charge in [0.1, 0.15) is 0 Å². The first-order valence-electron chi connectivity index (χ1n) is 9.45. The molecule has 1 heterocycles. The third kappa shape index (κ3) is 6.34. The number of ether oxygens (including phenoxy) is 2. The lowest BCUT2D eigenvalue weighted by molar-refractivity contribution is -0.0285. The van der Waals surface area contributed by atoms with Crippen molar-refractivity contribution in [1.82, 2.24) is 10.2 Å². The molecule has 0 aromatic heterocycles. The van der Waals surface area contributed by atoms with Crippen LogP contribution in [0, 0.1) is 0 Å². The van der Waals surface area contributed by atoms with Gasteiger partial charge in [0.15, 0.2) is 0 Å². The van der Waals surface area contributed by atoms with Gasteiger partial charge >= 0.3 is 12.0 Å². The second kappa shape index (κ2) is 10.6. The minimum absolute atomic E-state index is 0.131. The standard InChI is InChI=1S/C21H23Cl2N3O4/c1-29-20(27)15-3-2-4-16(10-15)25-21(28)24-11-17-13-26(7-8-30-17)12-14-5-6-18(22)19(23)9-14/h2-6,9-10,17H,7-8,11-13H2,1H3,(H2,24,25,28). The molecule has 1 saturated heterocycles. The molecule has 0 bridgehead atoms. The SMILES string of the molecule is COC(=O)c1cccc(NC(=O)NCC2CN(Cc3ccc(Cl)c(Cl)c3)CCO2)c1. The van der Waals surface area contributed by atoms with Crippen LogP contribution in [0.5, 0.6) is 0 Å². The highest BCUT2D eigenvalue weighted by Crippen LogP contribution is 2.23. The molecule has 3 rings (SSSR count). The van der Waals surface area contributed by atoms with Crippen LogP contribution >= 0.6 is 23.2 Å². The van der Waals surface area contributed by atoms with Crippen LogP contribution in [0.25, 0.3) is 0 Å². The van der Waals surface area contributed by atoms with E-state index in [2.05, 4.69) is 20.3 Å². The topological polar surface area (TPSA) is 79.9 Å². The number of hydrogen-bond acceptors (Lipinski definition) is 5. The van der Waals surface area contributed by atoms with Crippen LogP contribution in [0.15, 0.2) is 42.5 Å². The zero-order chi connectivity index (χ0) is 21.5. The van der Waals surface area contributed by atoms with Crippen molar-refractivity contribution in [2.75, 3.05) is 38.7 Å². The number of nitrogens with zero attached hydrogens (tertiary/aromatic N) is 1. The van der Waals surface area contributed by atoms with Crippen molar-refractivity contribution in [3.63, 3.8) is 0 Å². The molecular weight excluding hydrogens is 429 g/mol. The molecule has 0 spiro atoms. The molecule has 160 valence electrons. The first-order valence-corrected chi connectivity index (χ1v) is 10.2. The summed E-state index contributed by atoms with van der Waals surface area (Å²) >= 11 is 12.1. The summed E-state index contributed by atoms with van der Waals surface area (Å²) in [5.41, 5.74) is 1.94. The highest BCUT2D eigenvalue weighted by atomic mass is 35.5. The van der Waals surface area contributed by atoms with Crippen LogP contribution in [0.1, 0.15) is 15.9 Å². The van der Waals surface area contributed by atoms with Crippen molar-refractivity contribution >= 4 is 40.9 Å². The van der Waals surface area contributed by atoms with Crippen LogP contribution in [0.3, 0.4) is 0 Å². The highest BCUT2D eigenvalue weighted by molar-refractivity contribution is 6.42. The Kier molecular flexibility index (Phi) is 7.93. The Hall–Kier alpha value is -2.32. The van der Waals surface area contributed by atoms with Crippen molar-refractivity contribution in [3.05, 3.63) is 63.6 Å². The summed E-state index contributed by atoms with van der Waals surface area (Å²) in [6.45, 7) is 3.14. The number of benzene rings is 2. The van der Waals surface area contributed by atoms with E-state index in [1.165, 1.54) is 7.11 Å². The summed E-state index contributed by atoms with van der Waals surface area (Å²) < 4.78 is 10.4. The third-order valence-corrected chi connectivity index (χ3v) is 5.38. The van der Waals surface area contributed by atoms with Crippen LogP contribution in [-0.4, -0.2) is 56.4 Å². The lowest BCUT2D eigenvalue weighted by Gasteiger charge is -2.33. The van der Waals surface area contributed by atoms with Gasteiger partial charge in [0.2, 0.25) is 0 Å². The van der Waals surface area contributed by atoms with E-state index in [0.717, 1.165) is 18.7 Å². The van der Waals surface area contributed by atoms with E-state index >= 15 is 0 Å². The Balaban J connectivity index is 1.47. The molecule has 9 heteroatoms. The van der Waals surface area contributed by atoms with E-state index in [0.29, 0.717) is 41.0 Å². The zero-order valence-corrected chi connectivity index (χ0v) is 18.0. The van der Waals surface area contributed by atoms with E-state index < -0.39 is 5.97 Å². The first kappa shape index (κ1) is 22.4. The summed E-state index contributed by atoms with van der Waals surface area (Å²) in [5, 5.41) is 6.59. The molecular formula is C21H23Cl2N3O4. The molecule has 2 amide bonds. The van der Waals surface area contributed by atoms with Gasteiger partial charge in [-0.15, -0.1) is 0 Å². The van der Waals surface area contributed by atoms with Gasteiger partial charge in [0, 0.05) is 31.9 Å². The summed E-state index contributed by atoms with van der Waals surface area (Å²) in [6.07, 6.45) is -0.131. The van der Waals surface area contributed by atoms with E-state index in [4.69, 9.17) is 27.9 Å². The average Bonchev–Trinajstić information content (AvgIpc) is 2.75. The highest BCUT2D eigenvalue weighted by Gasteiger charge is 2.21. The number of hydrogen-bond donors (Lipinski definition) is 2. The number of rotatable bonds is 6. The van der Waals surface area contributed by atoms with Crippen LogP contribution in [0.4, 0.5) is 10.5 Å². The van der Waals surface area contributed by atoms with Gasteiger partial charge in [0.05, 0.1) is 35.4 Å². The van der Waals surface area contributed by atoms with Gasteiger partial charge < -0.3 is 20.1 Å². The van der Waals surface area contributed by atoms with E-state index in [-0.39, 0.29) is 12.1 Å². The molecule has 2 aromatic rings. The maximum Gasteiger partial charge on any atom is 0.337 e. The summed E-state index contributed by atoms with van der Waals surface area (Å²) in [4.78, 5) is 26.1. The fourth-order valence-corrected chi connectivity index (χ4v) is 3.49. The lowest BCUT2D eigenvalue weighted by Crippen LogP contribution is -2.47. The predicted octanol–water partition coefficient (Wildman–Crippen LogP) is 3.80. The maximum absolute atomic E-state index is 12.2. The number of urea groups is 1. The molecule has 1 aliphatic rings. The first-order chi connectivity index (χ1) is 14.4. The third-order valence-electron chi connectivity index (χ3n) is 4.64. The number of halogens is 2. The fourth-order valence-electron chi connectivity index (χ4n) is 3.17. The van der Waals surface area contributed by atoms with Gasteiger partial charge in [0.25, 0.3) is 0 Å². The van der Waals surface area contributed by atoms with Gasteiger partial charge in [-0.1, -0.05) is 35.3 Å². The Bertz CT molecular complexity index is 910. The molecule has 30 heavy (non-hydrogen) atoms. The Morgan fingerprint density at radius 2 is 2.03 bits per heavy atom. The number of anilines is 1. The van der Waals surface area contributed by atoms with Crippen molar-refractivity contribution in [1.29, 1.82) is 0 Å². The Morgan fingerprint density at radius 3 is 2.80 bits per heavy atom. The number of esters is 1. The normalized spacial score (nSPS) is 16.7. The summed E-state index contributed by atoms with van der Waals surface area (Å²) in [6, 6.07) is 11.8. The number of amides is 2. The fraction of sp³-hybridized carbons (Fsp3) is 0.333. The number of carbonyl (C=O) groups excluding carboxylic acids is 2. The maximum atomic E-state index is 12.2. The predicted molar refractivity (Wildman–Crippen MR) is 116 cm³/mol. The summed E-state index contributed by atoms with van der Waals surface area (Å²) in [7, 11) is 1.31. The van der Waals surface area contributed by atoms with E-state index in [1.807, 2.05) is 12.1 Å². The van der Waals surface area contributed by atoms with Crippen LogP contribution in [-0.2, 0) is 16.0 Å². The van der Waals surface area contributed by atoms with Gasteiger partial charge in [-0.25, -0.2) is 9.59 Å². The number of carbonyl (C=O) groups is 2. The van der Waals surface area contributed by atoms with Gasteiger partial charge in [-0.3, -0.25) is 4.90 Å². The molecule has 0 saturated carbocycles. The monoisotopic (exact) mass is 451 g/mol. The quantitative estimate of drug-likeness (QED) is 0.652. The summed E-state index contributed by atoms with van der Waals surface area (Å²) in [5.74, 6) is -0.461. The van der Waals surface area contributed by atoms with Crippen molar-refractivity contribution < 1.29 is 19.1 Å². The van der Waals surface area contributed by atoms with E-state index in [9.17, 15) is 9.59 Å². The Morgan fingerprint density at radius 1 is 1.20 bits per heavy atom. The Labute approximate surface area is 185 Å². The number of nitrogens with one attached hydrogen (secondary N) is 2. The second-order valence-corrected chi connectivity index (χ2v) is 7.70. The zero-order valence-electron chi connectivity index (χ0n) is 16.5. The minimum Gasteiger partial charge on any atom is -0.465 e. The van der Waals surface area contributed by atoms with Crippen molar-refractivity contribution in [2.24, 2.45) is 0 Å². The number of methoxy groups -OCH3 is 1. The molecule has 1 fully saturated rings. The molecule has 0 aliphatic carbocycles. The smallest absolute Gasteiger partial charge is 0.337 e. The largest absolute Gasteiger partial charge is 0.465 e. The lowest BCUT2D eigenvalue weighted by atomic mass is 10.2. The molecule has 0 radical (unpaired) electrons. The van der Waals surface area contributed by atoms with Gasteiger partial charge in [-0.05, 0) is 35.9 Å². The van der Waals surface area contributed by atoms with Crippen LogP contribution in [0.2, 0.25) is 10.0 Å². The van der Waals surface area contributed by atoms with Crippen LogP contribution < -0.4 is 10.6 Å². The molecule has 7 nitrogen and oxygen atoms in total. The van der Waals surface area contributed by atoms with E-state index in [1.54, 1.807) is 30.3 Å². The molecule has 2 N–H and O–H groups in total. The second-order valence-electron chi connectivity index (χ2n) is 6.88. The molecule has 1 aliphatic heterocycles. The average molecular weight is 452 g/mol. The molecule has 2 aromatic carbocycles. The van der Waals surface area contributed by atoms with Crippen molar-refractivity contribution in [2.45, 2.75) is 12.6 Å². The molecule has 1 atom stereocenters. The van der Waals surface area contributed by atoms with Gasteiger partial charge in [-0.2, -0.15) is 0 Å². The minimum atomic E-state index is -0.461. The van der Waals surface area contributed by atoms with Crippen molar-refractivity contribution in [3.8, 4) is 0 Å². The number of morpholine rings is 1. The molecule has 1 unspecified atom stereocenters.